The maximum Gasteiger partial charge on any atom is 0.223 e. The van der Waals surface area contributed by atoms with E-state index in [0.717, 1.165) is 51.4 Å². The molecule has 2 rings (SSSR count). The van der Waals surface area contributed by atoms with E-state index in [1.807, 2.05) is 0 Å². The minimum absolute atomic E-state index is 0.108. The summed E-state index contributed by atoms with van der Waals surface area (Å²) in [5.74, 6) is 0.220. The Bertz CT molecular complexity index is 280. The first-order valence-corrected chi connectivity index (χ1v) is 7.35. The maximum absolute atomic E-state index is 12.0. The topological polar surface area (TPSA) is 75.4 Å². The number of rotatable bonds is 3. The summed E-state index contributed by atoms with van der Waals surface area (Å²) in [5, 5.41) is 13.3. The van der Waals surface area contributed by atoms with Gasteiger partial charge in [-0.25, -0.2) is 0 Å². The highest BCUT2D eigenvalue weighted by molar-refractivity contribution is 5.78. The zero-order valence-electron chi connectivity index (χ0n) is 11.2. The van der Waals surface area contributed by atoms with Crippen LogP contribution < -0.4 is 11.1 Å². The molecule has 2 saturated carbocycles. The third-order valence-corrected chi connectivity index (χ3v) is 4.52. The molecule has 18 heavy (non-hydrogen) atoms. The molecule has 2 aliphatic rings. The van der Waals surface area contributed by atoms with Crippen LogP contribution in [0.1, 0.15) is 57.8 Å². The van der Waals surface area contributed by atoms with Gasteiger partial charge in [0.2, 0.25) is 5.91 Å². The molecule has 0 radical (unpaired) electrons. The van der Waals surface area contributed by atoms with E-state index in [1.54, 1.807) is 0 Å². The lowest BCUT2D eigenvalue weighted by Crippen LogP contribution is -2.46. The Kier molecular flexibility index (Phi) is 4.62. The lowest BCUT2D eigenvalue weighted by atomic mass is 9.83. The summed E-state index contributed by atoms with van der Waals surface area (Å²) in [6, 6.07) is 0.275. The molecule has 104 valence electrons. The van der Waals surface area contributed by atoms with E-state index in [1.165, 1.54) is 6.42 Å². The monoisotopic (exact) mass is 254 g/mol. The largest absolute Gasteiger partial charge is 0.388 e. The van der Waals surface area contributed by atoms with Crippen molar-refractivity contribution in [1.82, 2.24) is 5.32 Å². The van der Waals surface area contributed by atoms with E-state index in [0.29, 0.717) is 6.54 Å². The Morgan fingerprint density at radius 1 is 1.17 bits per heavy atom. The highest BCUT2D eigenvalue weighted by Crippen LogP contribution is 2.28. The second-order valence-corrected chi connectivity index (χ2v) is 6.11. The zero-order valence-corrected chi connectivity index (χ0v) is 11.2. The Balaban J connectivity index is 1.74. The molecule has 0 aliphatic heterocycles. The fourth-order valence-electron chi connectivity index (χ4n) is 3.16. The summed E-state index contributed by atoms with van der Waals surface area (Å²) < 4.78 is 0. The molecule has 0 bridgehead atoms. The minimum Gasteiger partial charge on any atom is -0.388 e. The average Bonchev–Trinajstić information content (AvgIpc) is 2.38. The number of amides is 1. The van der Waals surface area contributed by atoms with Crippen molar-refractivity contribution in [1.29, 1.82) is 0 Å². The summed E-state index contributed by atoms with van der Waals surface area (Å²) in [4.78, 5) is 12.0. The summed E-state index contributed by atoms with van der Waals surface area (Å²) in [5.41, 5.74) is 5.18. The van der Waals surface area contributed by atoms with Gasteiger partial charge in [-0.05, 0) is 38.5 Å². The first-order valence-electron chi connectivity index (χ1n) is 7.35. The van der Waals surface area contributed by atoms with E-state index in [2.05, 4.69) is 5.32 Å². The first-order chi connectivity index (χ1) is 8.59. The van der Waals surface area contributed by atoms with E-state index in [9.17, 15) is 9.90 Å². The molecule has 0 aromatic heterocycles. The van der Waals surface area contributed by atoms with Crippen LogP contribution in [0.5, 0.6) is 0 Å². The van der Waals surface area contributed by atoms with Gasteiger partial charge in [0, 0.05) is 18.5 Å². The lowest BCUT2D eigenvalue weighted by molar-refractivity contribution is -0.127. The van der Waals surface area contributed by atoms with Crippen molar-refractivity contribution in [3.8, 4) is 0 Å². The fourth-order valence-corrected chi connectivity index (χ4v) is 3.16. The summed E-state index contributed by atoms with van der Waals surface area (Å²) in [6.45, 7) is 0.425. The van der Waals surface area contributed by atoms with Crippen molar-refractivity contribution in [3.05, 3.63) is 0 Å². The van der Waals surface area contributed by atoms with Gasteiger partial charge in [0.05, 0.1) is 5.60 Å². The van der Waals surface area contributed by atoms with Crippen LogP contribution in [0.4, 0.5) is 0 Å². The predicted molar refractivity (Wildman–Crippen MR) is 71.0 cm³/mol. The van der Waals surface area contributed by atoms with E-state index in [4.69, 9.17) is 5.73 Å². The van der Waals surface area contributed by atoms with Crippen LogP contribution in [0.25, 0.3) is 0 Å². The van der Waals surface area contributed by atoms with E-state index >= 15 is 0 Å². The molecular formula is C14H26N2O2. The molecule has 0 saturated heterocycles. The average molecular weight is 254 g/mol. The summed E-state index contributed by atoms with van der Waals surface area (Å²) >= 11 is 0. The molecule has 0 aromatic carbocycles. The fraction of sp³-hybridized carbons (Fsp3) is 0.929. The van der Waals surface area contributed by atoms with Gasteiger partial charge in [0.25, 0.3) is 0 Å². The highest BCUT2D eigenvalue weighted by atomic mass is 16.3. The standard InChI is InChI=1S/C14H26N2O2/c15-12-6-4-11(5-7-12)13(17)16-10-14(18)8-2-1-3-9-14/h11-12,18H,1-10,15H2,(H,16,17). The summed E-state index contributed by atoms with van der Waals surface area (Å²) in [7, 11) is 0. The molecule has 0 atom stereocenters. The third-order valence-electron chi connectivity index (χ3n) is 4.52. The molecule has 4 nitrogen and oxygen atoms in total. The lowest BCUT2D eigenvalue weighted by Gasteiger charge is -2.33. The molecule has 0 unspecified atom stereocenters. The highest BCUT2D eigenvalue weighted by Gasteiger charge is 2.31. The Morgan fingerprint density at radius 2 is 1.78 bits per heavy atom. The van der Waals surface area contributed by atoms with Gasteiger partial charge in [0.1, 0.15) is 0 Å². The van der Waals surface area contributed by atoms with Crippen LogP contribution in [0.15, 0.2) is 0 Å². The van der Waals surface area contributed by atoms with Crippen molar-refractivity contribution in [2.75, 3.05) is 6.54 Å². The van der Waals surface area contributed by atoms with Crippen molar-refractivity contribution in [2.24, 2.45) is 11.7 Å². The van der Waals surface area contributed by atoms with E-state index in [-0.39, 0.29) is 17.9 Å². The molecule has 0 aromatic rings. The van der Waals surface area contributed by atoms with Gasteiger partial charge in [-0.1, -0.05) is 19.3 Å². The van der Waals surface area contributed by atoms with Gasteiger partial charge in [-0.15, -0.1) is 0 Å². The quantitative estimate of drug-likeness (QED) is 0.711. The molecule has 4 heteroatoms. The summed E-state index contributed by atoms with van der Waals surface area (Å²) in [6.07, 6.45) is 8.68. The molecule has 0 spiro atoms. The number of carbonyl (C=O) groups is 1. The maximum atomic E-state index is 12.0. The van der Waals surface area contributed by atoms with Gasteiger partial charge in [0.15, 0.2) is 0 Å². The number of hydrogen-bond acceptors (Lipinski definition) is 3. The minimum atomic E-state index is -0.654. The Morgan fingerprint density at radius 3 is 2.39 bits per heavy atom. The SMILES string of the molecule is NC1CCC(C(=O)NCC2(O)CCCCC2)CC1. The van der Waals surface area contributed by atoms with Crippen LogP contribution >= 0.6 is 0 Å². The Hall–Kier alpha value is -0.610. The van der Waals surface area contributed by atoms with Crippen LogP contribution in [-0.4, -0.2) is 29.2 Å². The third kappa shape index (κ3) is 3.69. The Labute approximate surface area is 109 Å². The van der Waals surface area contributed by atoms with Crippen molar-refractivity contribution in [2.45, 2.75) is 69.4 Å². The van der Waals surface area contributed by atoms with Crippen LogP contribution in [0.2, 0.25) is 0 Å². The smallest absolute Gasteiger partial charge is 0.223 e. The van der Waals surface area contributed by atoms with E-state index < -0.39 is 5.60 Å². The molecule has 4 N–H and O–H groups in total. The van der Waals surface area contributed by atoms with Gasteiger partial charge < -0.3 is 16.2 Å². The first kappa shape index (κ1) is 13.8. The van der Waals surface area contributed by atoms with Gasteiger partial charge in [-0.3, -0.25) is 4.79 Å². The number of hydrogen-bond donors (Lipinski definition) is 3. The molecule has 0 heterocycles. The number of aliphatic hydroxyl groups is 1. The normalized spacial score (nSPS) is 31.9. The van der Waals surface area contributed by atoms with Gasteiger partial charge in [-0.2, -0.15) is 0 Å². The second-order valence-electron chi connectivity index (χ2n) is 6.11. The van der Waals surface area contributed by atoms with Gasteiger partial charge >= 0.3 is 0 Å². The van der Waals surface area contributed by atoms with Crippen molar-refractivity contribution < 1.29 is 9.90 Å². The number of carbonyl (C=O) groups excluding carboxylic acids is 1. The molecular weight excluding hydrogens is 228 g/mol. The molecule has 2 aliphatic carbocycles. The number of nitrogens with two attached hydrogens (primary N) is 1. The second kappa shape index (κ2) is 6.02. The zero-order chi connectivity index (χ0) is 13.0. The van der Waals surface area contributed by atoms with Crippen LogP contribution in [0.3, 0.4) is 0 Å². The number of nitrogens with one attached hydrogen (secondary N) is 1. The molecule has 2 fully saturated rings. The van der Waals surface area contributed by atoms with Crippen molar-refractivity contribution >= 4 is 5.91 Å². The van der Waals surface area contributed by atoms with Crippen LogP contribution in [-0.2, 0) is 4.79 Å². The van der Waals surface area contributed by atoms with Crippen LogP contribution in [0, 0.1) is 5.92 Å². The predicted octanol–water partition coefficient (Wildman–Crippen LogP) is 1.32. The van der Waals surface area contributed by atoms with Crippen molar-refractivity contribution in [3.63, 3.8) is 0 Å². The molecule has 1 amide bonds.